The van der Waals surface area contributed by atoms with E-state index in [0.717, 1.165) is 5.56 Å². The van der Waals surface area contributed by atoms with Gasteiger partial charge in [-0.3, -0.25) is 4.98 Å². The molecule has 0 saturated heterocycles. The molecule has 6 heteroatoms. The molecule has 0 bridgehead atoms. The molecular weight excluding hydrogens is 287 g/mol. The van der Waals surface area contributed by atoms with Gasteiger partial charge < -0.3 is 10.4 Å². The molecule has 1 aromatic carbocycles. The normalized spacial score (nSPS) is 10.2. The molecule has 19 heavy (non-hydrogen) atoms. The molecule has 0 atom stereocenters. The van der Waals surface area contributed by atoms with E-state index in [4.69, 9.17) is 28.3 Å². The molecule has 0 unspecified atom stereocenters. The van der Waals surface area contributed by atoms with Gasteiger partial charge in [-0.1, -0.05) is 29.3 Å². The molecule has 2 rings (SSSR count). The summed E-state index contributed by atoms with van der Waals surface area (Å²) in [6.07, 6.45) is 2.91. The fourth-order valence-electron chi connectivity index (χ4n) is 1.57. The van der Waals surface area contributed by atoms with E-state index in [1.54, 1.807) is 12.1 Å². The van der Waals surface area contributed by atoms with Crippen molar-refractivity contribution in [3.63, 3.8) is 0 Å². The van der Waals surface area contributed by atoms with E-state index in [2.05, 4.69) is 10.3 Å². The van der Waals surface area contributed by atoms with Crippen molar-refractivity contribution in [3.05, 3.63) is 57.8 Å². The van der Waals surface area contributed by atoms with Crippen LogP contribution < -0.4 is 5.32 Å². The van der Waals surface area contributed by atoms with Crippen molar-refractivity contribution >= 4 is 34.9 Å². The molecule has 0 radical (unpaired) electrons. The Morgan fingerprint density at radius 1 is 1.26 bits per heavy atom. The summed E-state index contributed by atoms with van der Waals surface area (Å²) >= 11 is 11.7. The number of aromatic nitrogens is 1. The highest BCUT2D eigenvalue weighted by Gasteiger charge is 2.09. The first-order valence-electron chi connectivity index (χ1n) is 5.43. The number of carbonyl (C=O) groups is 1. The third-order valence-electron chi connectivity index (χ3n) is 2.52. The first-order valence-corrected chi connectivity index (χ1v) is 6.18. The molecule has 0 aliphatic heterocycles. The fraction of sp³-hybridized carbons (Fsp3) is 0.0769. The molecule has 0 aliphatic carbocycles. The number of nitrogens with one attached hydrogen (secondary N) is 1. The maximum absolute atomic E-state index is 11.0. The Morgan fingerprint density at radius 2 is 2.05 bits per heavy atom. The number of carboxylic acid groups (broad SMARTS) is 1. The van der Waals surface area contributed by atoms with Crippen LogP contribution in [0.5, 0.6) is 0 Å². The first kappa shape index (κ1) is 13.6. The lowest BCUT2D eigenvalue weighted by Gasteiger charge is -2.09. The summed E-state index contributed by atoms with van der Waals surface area (Å²) in [7, 11) is 0. The average molecular weight is 297 g/mol. The van der Waals surface area contributed by atoms with E-state index >= 15 is 0 Å². The molecule has 1 aromatic heterocycles. The minimum Gasteiger partial charge on any atom is -0.478 e. The molecular formula is C13H10Cl2N2O2. The molecule has 0 aliphatic rings. The van der Waals surface area contributed by atoms with Crippen LogP contribution in [-0.4, -0.2) is 16.1 Å². The van der Waals surface area contributed by atoms with Gasteiger partial charge in [0.25, 0.3) is 0 Å². The van der Waals surface area contributed by atoms with Crippen molar-refractivity contribution in [1.82, 2.24) is 4.98 Å². The smallest absolute Gasteiger partial charge is 0.337 e. The number of pyridine rings is 1. The van der Waals surface area contributed by atoms with Crippen LogP contribution >= 0.6 is 23.2 Å². The van der Waals surface area contributed by atoms with E-state index in [-0.39, 0.29) is 5.56 Å². The van der Waals surface area contributed by atoms with Crippen molar-refractivity contribution in [2.45, 2.75) is 6.54 Å². The standard InChI is InChI=1S/C13H10Cl2N2O2/c14-10-2-1-8(5-11(10)15)6-17-12-7-16-4-3-9(12)13(18)19/h1-5,7,17H,6H2,(H,18,19). The zero-order valence-electron chi connectivity index (χ0n) is 9.73. The van der Waals surface area contributed by atoms with Crippen molar-refractivity contribution in [3.8, 4) is 0 Å². The highest BCUT2D eigenvalue weighted by atomic mass is 35.5. The van der Waals surface area contributed by atoms with Crippen LogP contribution in [0.4, 0.5) is 5.69 Å². The fourth-order valence-corrected chi connectivity index (χ4v) is 1.89. The van der Waals surface area contributed by atoms with Gasteiger partial charge in [-0.05, 0) is 23.8 Å². The number of nitrogens with zero attached hydrogens (tertiary/aromatic N) is 1. The van der Waals surface area contributed by atoms with Gasteiger partial charge in [0.1, 0.15) is 0 Å². The van der Waals surface area contributed by atoms with E-state index in [0.29, 0.717) is 22.3 Å². The maximum Gasteiger partial charge on any atom is 0.337 e. The third kappa shape index (κ3) is 3.36. The Labute approximate surface area is 120 Å². The minimum atomic E-state index is -1.00. The molecule has 0 spiro atoms. The number of benzene rings is 1. The molecule has 2 N–H and O–H groups in total. The SMILES string of the molecule is O=C(O)c1ccncc1NCc1ccc(Cl)c(Cl)c1. The zero-order valence-corrected chi connectivity index (χ0v) is 11.2. The topological polar surface area (TPSA) is 62.2 Å². The van der Waals surface area contributed by atoms with Gasteiger partial charge in [0.15, 0.2) is 0 Å². The summed E-state index contributed by atoms with van der Waals surface area (Å²) in [5, 5.41) is 13.0. The van der Waals surface area contributed by atoms with Gasteiger partial charge in [0, 0.05) is 12.7 Å². The number of anilines is 1. The quantitative estimate of drug-likeness (QED) is 0.903. The van der Waals surface area contributed by atoms with Gasteiger partial charge in [-0.2, -0.15) is 0 Å². The predicted molar refractivity (Wildman–Crippen MR) is 75.0 cm³/mol. The van der Waals surface area contributed by atoms with Crippen LogP contribution in [0.2, 0.25) is 10.0 Å². The molecule has 0 fully saturated rings. The average Bonchev–Trinajstić information content (AvgIpc) is 2.40. The molecule has 4 nitrogen and oxygen atoms in total. The summed E-state index contributed by atoms with van der Waals surface area (Å²) in [6.45, 7) is 0.433. The van der Waals surface area contributed by atoms with Crippen LogP contribution in [0, 0.1) is 0 Å². The highest BCUT2D eigenvalue weighted by Crippen LogP contribution is 2.23. The summed E-state index contributed by atoms with van der Waals surface area (Å²) in [4.78, 5) is 14.9. The third-order valence-corrected chi connectivity index (χ3v) is 3.26. The monoisotopic (exact) mass is 296 g/mol. The lowest BCUT2D eigenvalue weighted by molar-refractivity contribution is 0.0698. The number of carboxylic acids is 1. The second-order valence-electron chi connectivity index (χ2n) is 3.83. The molecule has 98 valence electrons. The van der Waals surface area contributed by atoms with Crippen molar-refractivity contribution < 1.29 is 9.90 Å². The van der Waals surface area contributed by atoms with Crippen LogP contribution in [0.25, 0.3) is 0 Å². The number of hydrogen-bond acceptors (Lipinski definition) is 3. The lowest BCUT2D eigenvalue weighted by atomic mass is 10.2. The minimum absolute atomic E-state index is 0.176. The second kappa shape index (κ2) is 5.91. The van der Waals surface area contributed by atoms with Gasteiger partial charge in [0.2, 0.25) is 0 Å². The number of hydrogen-bond donors (Lipinski definition) is 2. The van der Waals surface area contributed by atoms with Gasteiger partial charge in [-0.15, -0.1) is 0 Å². The molecule has 0 amide bonds. The molecule has 2 aromatic rings. The van der Waals surface area contributed by atoms with Crippen molar-refractivity contribution in [1.29, 1.82) is 0 Å². The van der Waals surface area contributed by atoms with Crippen LogP contribution in [0.1, 0.15) is 15.9 Å². The molecule has 1 heterocycles. The summed E-state index contributed by atoms with van der Waals surface area (Å²) in [6, 6.07) is 6.69. The van der Waals surface area contributed by atoms with Crippen molar-refractivity contribution in [2.75, 3.05) is 5.32 Å². The van der Waals surface area contributed by atoms with Crippen LogP contribution in [-0.2, 0) is 6.54 Å². The summed E-state index contributed by atoms with van der Waals surface area (Å²) in [5.74, 6) is -1.00. The Balaban J connectivity index is 2.14. The summed E-state index contributed by atoms with van der Waals surface area (Å²) in [5.41, 5.74) is 1.53. The van der Waals surface area contributed by atoms with E-state index in [1.807, 2.05) is 6.07 Å². The molecule has 0 saturated carbocycles. The predicted octanol–water partition coefficient (Wildman–Crippen LogP) is 3.70. The largest absolute Gasteiger partial charge is 0.478 e. The van der Waals surface area contributed by atoms with E-state index in [9.17, 15) is 4.79 Å². The Hall–Kier alpha value is -1.78. The highest BCUT2D eigenvalue weighted by molar-refractivity contribution is 6.42. The number of rotatable bonds is 4. The van der Waals surface area contributed by atoms with Crippen LogP contribution in [0.3, 0.4) is 0 Å². The second-order valence-corrected chi connectivity index (χ2v) is 4.64. The number of halogens is 2. The lowest BCUT2D eigenvalue weighted by Crippen LogP contribution is -2.06. The summed E-state index contributed by atoms with van der Waals surface area (Å²) < 4.78 is 0. The van der Waals surface area contributed by atoms with Gasteiger partial charge in [-0.25, -0.2) is 4.79 Å². The first-order chi connectivity index (χ1) is 9.08. The van der Waals surface area contributed by atoms with Crippen molar-refractivity contribution in [2.24, 2.45) is 0 Å². The van der Waals surface area contributed by atoms with Gasteiger partial charge >= 0.3 is 5.97 Å². The Kier molecular flexibility index (Phi) is 4.24. The Morgan fingerprint density at radius 3 is 2.74 bits per heavy atom. The zero-order chi connectivity index (χ0) is 13.8. The number of aromatic carboxylic acids is 1. The Bertz CT molecular complexity index is 617. The van der Waals surface area contributed by atoms with Crippen LogP contribution in [0.15, 0.2) is 36.7 Å². The van der Waals surface area contributed by atoms with E-state index in [1.165, 1.54) is 18.5 Å². The van der Waals surface area contributed by atoms with Gasteiger partial charge in [0.05, 0.1) is 27.5 Å². The maximum atomic E-state index is 11.0. The van der Waals surface area contributed by atoms with E-state index < -0.39 is 5.97 Å².